The molecule has 0 saturated heterocycles. The molecule has 1 atom stereocenters. The minimum atomic E-state index is -1.12. The second-order valence-electron chi connectivity index (χ2n) is 3.75. The van der Waals surface area contributed by atoms with Crippen molar-refractivity contribution in [2.45, 2.75) is 13.0 Å². The van der Waals surface area contributed by atoms with Gasteiger partial charge in [0.1, 0.15) is 12.4 Å². The van der Waals surface area contributed by atoms with Crippen molar-refractivity contribution in [1.82, 2.24) is 0 Å². The molecule has 5 nitrogen and oxygen atoms in total. The highest BCUT2D eigenvalue weighted by Gasteiger charge is 2.06. The molecule has 1 aromatic carbocycles. The summed E-state index contributed by atoms with van der Waals surface area (Å²) in [5, 5.41) is 17.9. The third kappa shape index (κ3) is 4.47. The number of aliphatic carboxylic acids is 1. The number of hydrogen-bond acceptors (Lipinski definition) is 4. The fraction of sp³-hybridized carbons (Fsp3) is 0.308. The lowest BCUT2D eigenvalue weighted by Gasteiger charge is -2.08. The van der Waals surface area contributed by atoms with Crippen LogP contribution in [0.25, 0.3) is 6.08 Å². The van der Waals surface area contributed by atoms with Crippen LogP contribution >= 0.6 is 0 Å². The van der Waals surface area contributed by atoms with Crippen LogP contribution in [-0.2, 0) is 9.53 Å². The SMILES string of the molecule is COC(=Cc1ccc(OCC(C)O)cc1)C(=O)O. The molecule has 1 aromatic rings. The van der Waals surface area contributed by atoms with E-state index in [4.69, 9.17) is 19.7 Å². The quantitative estimate of drug-likeness (QED) is 0.593. The zero-order chi connectivity index (χ0) is 13.5. The molecule has 0 fully saturated rings. The van der Waals surface area contributed by atoms with Crippen LogP contribution < -0.4 is 4.74 Å². The van der Waals surface area contributed by atoms with Crippen molar-refractivity contribution < 1.29 is 24.5 Å². The van der Waals surface area contributed by atoms with Gasteiger partial charge < -0.3 is 19.7 Å². The van der Waals surface area contributed by atoms with Gasteiger partial charge in [-0.2, -0.15) is 0 Å². The molecule has 0 spiro atoms. The van der Waals surface area contributed by atoms with Gasteiger partial charge in [-0.1, -0.05) is 12.1 Å². The van der Waals surface area contributed by atoms with Crippen LogP contribution in [0.15, 0.2) is 30.0 Å². The zero-order valence-electron chi connectivity index (χ0n) is 10.3. The molecule has 2 N–H and O–H groups in total. The molecule has 1 unspecified atom stereocenters. The van der Waals surface area contributed by atoms with Crippen molar-refractivity contribution in [3.63, 3.8) is 0 Å². The minimum absolute atomic E-state index is 0.132. The Morgan fingerprint density at radius 3 is 2.44 bits per heavy atom. The lowest BCUT2D eigenvalue weighted by atomic mass is 10.2. The van der Waals surface area contributed by atoms with Gasteiger partial charge in [-0.25, -0.2) is 4.79 Å². The standard InChI is InChI=1S/C13H16O5/c1-9(14)8-18-11-5-3-10(4-6-11)7-12(17-2)13(15)16/h3-7,9,14H,8H2,1-2H3,(H,15,16). The van der Waals surface area contributed by atoms with Crippen LogP contribution in [0.3, 0.4) is 0 Å². The fourth-order valence-electron chi connectivity index (χ4n) is 1.24. The van der Waals surface area contributed by atoms with E-state index < -0.39 is 12.1 Å². The van der Waals surface area contributed by atoms with E-state index in [-0.39, 0.29) is 12.4 Å². The predicted molar refractivity (Wildman–Crippen MR) is 66.2 cm³/mol. The van der Waals surface area contributed by atoms with Gasteiger partial charge in [-0.05, 0) is 30.7 Å². The maximum absolute atomic E-state index is 10.7. The summed E-state index contributed by atoms with van der Waals surface area (Å²) in [5.74, 6) is -0.637. The number of aliphatic hydroxyl groups is 1. The van der Waals surface area contributed by atoms with Crippen LogP contribution in [0.1, 0.15) is 12.5 Å². The van der Waals surface area contributed by atoms with E-state index in [1.807, 2.05) is 0 Å². The number of hydrogen-bond donors (Lipinski definition) is 2. The predicted octanol–water partition coefficient (Wildman–Crippen LogP) is 1.52. The maximum atomic E-state index is 10.7. The number of carboxylic acids is 1. The Kier molecular flexibility index (Phi) is 5.20. The molecular formula is C13H16O5. The summed E-state index contributed by atoms with van der Waals surface area (Å²) < 4.78 is 10.0. The Hall–Kier alpha value is -2.01. The van der Waals surface area contributed by atoms with Crippen molar-refractivity contribution in [2.75, 3.05) is 13.7 Å². The summed E-state index contributed by atoms with van der Waals surface area (Å²) in [5.41, 5.74) is 0.693. The first-order chi connectivity index (χ1) is 8.52. The Labute approximate surface area is 105 Å². The van der Waals surface area contributed by atoms with Gasteiger partial charge in [0.2, 0.25) is 5.76 Å². The molecule has 0 radical (unpaired) electrons. The molecular weight excluding hydrogens is 236 g/mol. The molecule has 98 valence electrons. The monoisotopic (exact) mass is 252 g/mol. The average molecular weight is 252 g/mol. The summed E-state index contributed by atoms with van der Waals surface area (Å²) in [6, 6.07) is 6.81. The highest BCUT2D eigenvalue weighted by molar-refractivity contribution is 5.89. The number of ether oxygens (including phenoxy) is 2. The van der Waals surface area contributed by atoms with Crippen molar-refractivity contribution in [2.24, 2.45) is 0 Å². The Bertz CT molecular complexity index is 420. The number of carboxylic acid groups (broad SMARTS) is 1. The number of benzene rings is 1. The normalized spacial score (nSPS) is 12.9. The highest BCUT2D eigenvalue weighted by atomic mass is 16.5. The lowest BCUT2D eigenvalue weighted by Crippen LogP contribution is -2.12. The summed E-state index contributed by atoms with van der Waals surface area (Å²) in [6.45, 7) is 1.85. The zero-order valence-corrected chi connectivity index (χ0v) is 10.3. The van der Waals surface area contributed by atoms with E-state index in [1.54, 1.807) is 31.2 Å². The van der Waals surface area contributed by atoms with E-state index in [0.717, 1.165) is 0 Å². The second kappa shape index (κ2) is 6.66. The van der Waals surface area contributed by atoms with Gasteiger partial charge in [0.15, 0.2) is 0 Å². The highest BCUT2D eigenvalue weighted by Crippen LogP contribution is 2.15. The average Bonchev–Trinajstić information content (AvgIpc) is 2.34. The number of rotatable bonds is 6. The molecule has 0 aliphatic heterocycles. The lowest BCUT2D eigenvalue weighted by molar-refractivity contribution is -0.135. The third-order valence-corrected chi connectivity index (χ3v) is 2.10. The second-order valence-corrected chi connectivity index (χ2v) is 3.75. The summed E-state index contributed by atoms with van der Waals surface area (Å²) >= 11 is 0. The molecule has 0 aromatic heterocycles. The van der Waals surface area contributed by atoms with Gasteiger partial charge in [-0.3, -0.25) is 0 Å². The molecule has 0 aliphatic rings. The van der Waals surface area contributed by atoms with Gasteiger partial charge in [0.05, 0.1) is 13.2 Å². The van der Waals surface area contributed by atoms with Crippen molar-refractivity contribution in [1.29, 1.82) is 0 Å². The molecule has 0 amide bonds. The van der Waals surface area contributed by atoms with Crippen LogP contribution in [0.4, 0.5) is 0 Å². The van der Waals surface area contributed by atoms with Crippen LogP contribution in [0.5, 0.6) is 5.75 Å². The van der Waals surface area contributed by atoms with Gasteiger partial charge in [0.25, 0.3) is 0 Å². The molecule has 0 aliphatic carbocycles. The van der Waals surface area contributed by atoms with E-state index >= 15 is 0 Å². The summed E-state index contributed by atoms with van der Waals surface area (Å²) in [4.78, 5) is 10.7. The van der Waals surface area contributed by atoms with E-state index in [9.17, 15) is 4.79 Å². The number of carbonyl (C=O) groups is 1. The van der Waals surface area contributed by atoms with Crippen molar-refractivity contribution in [3.8, 4) is 5.75 Å². The molecule has 18 heavy (non-hydrogen) atoms. The van der Waals surface area contributed by atoms with Crippen molar-refractivity contribution in [3.05, 3.63) is 35.6 Å². The summed E-state index contributed by atoms with van der Waals surface area (Å²) in [6.07, 6.45) is 0.887. The van der Waals surface area contributed by atoms with Crippen LogP contribution in [0.2, 0.25) is 0 Å². The first-order valence-corrected chi connectivity index (χ1v) is 5.43. The molecule has 0 bridgehead atoms. The van der Waals surface area contributed by atoms with Gasteiger partial charge in [-0.15, -0.1) is 0 Å². The first kappa shape index (κ1) is 14.1. The topological polar surface area (TPSA) is 76.0 Å². The Balaban J connectivity index is 2.73. The van der Waals surface area contributed by atoms with Gasteiger partial charge in [0, 0.05) is 0 Å². The minimum Gasteiger partial charge on any atom is -0.491 e. The van der Waals surface area contributed by atoms with Crippen LogP contribution in [0, 0.1) is 0 Å². The number of aliphatic hydroxyl groups excluding tert-OH is 1. The van der Waals surface area contributed by atoms with Crippen LogP contribution in [-0.4, -0.2) is 36.0 Å². The smallest absolute Gasteiger partial charge is 0.371 e. The fourth-order valence-corrected chi connectivity index (χ4v) is 1.24. The van der Waals surface area contributed by atoms with E-state index in [1.165, 1.54) is 13.2 Å². The molecule has 0 heterocycles. The third-order valence-electron chi connectivity index (χ3n) is 2.10. The summed E-state index contributed by atoms with van der Waals surface area (Å²) in [7, 11) is 1.31. The largest absolute Gasteiger partial charge is 0.491 e. The maximum Gasteiger partial charge on any atom is 0.371 e. The molecule has 5 heteroatoms. The first-order valence-electron chi connectivity index (χ1n) is 5.43. The van der Waals surface area contributed by atoms with E-state index in [0.29, 0.717) is 11.3 Å². The molecule has 1 rings (SSSR count). The van der Waals surface area contributed by atoms with Crippen molar-refractivity contribution >= 4 is 12.0 Å². The Morgan fingerprint density at radius 2 is 2.00 bits per heavy atom. The van der Waals surface area contributed by atoms with E-state index in [2.05, 4.69) is 0 Å². The van der Waals surface area contributed by atoms with Gasteiger partial charge >= 0.3 is 5.97 Å². The Morgan fingerprint density at radius 1 is 1.39 bits per heavy atom. The number of methoxy groups -OCH3 is 1. The molecule has 0 saturated carbocycles.